The maximum atomic E-state index is 9.19. The zero-order valence-electron chi connectivity index (χ0n) is 7.90. The van der Waals surface area contributed by atoms with Crippen molar-refractivity contribution in [3.63, 3.8) is 0 Å². The quantitative estimate of drug-likeness (QED) is 0.628. The molecule has 0 radical (unpaired) electrons. The Hall–Kier alpha value is -0.910. The SMILES string of the molecule is CS(=O)(=O)O.c1ccc2c(c1)CNC2. The summed E-state index contributed by atoms with van der Waals surface area (Å²) in [6.07, 6.45) is 0.715. The van der Waals surface area contributed by atoms with Crippen LogP contribution < -0.4 is 5.32 Å². The third kappa shape index (κ3) is 4.36. The Balaban J connectivity index is 0.000000171. The summed E-state index contributed by atoms with van der Waals surface area (Å²) >= 11 is 0. The van der Waals surface area contributed by atoms with E-state index < -0.39 is 10.1 Å². The van der Waals surface area contributed by atoms with E-state index in [9.17, 15) is 8.42 Å². The van der Waals surface area contributed by atoms with Gasteiger partial charge in [0.05, 0.1) is 6.26 Å². The monoisotopic (exact) mass is 215 g/mol. The van der Waals surface area contributed by atoms with Gasteiger partial charge in [0, 0.05) is 13.1 Å². The van der Waals surface area contributed by atoms with Gasteiger partial charge in [-0.15, -0.1) is 0 Å². The van der Waals surface area contributed by atoms with Crippen molar-refractivity contribution in [2.75, 3.05) is 6.26 Å². The summed E-state index contributed by atoms with van der Waals surface area (Å²) in [5.74, 6) is 0. The van der Waals surface area contributed by atoms with Crippen molar-refractivity contribution in [2.45, 2.75) is 13.1 Å². The smallest absolute Gasteiger partial charge is 0.261 e. The van der Waals surface area contributed by atoms with Crippen LogP contribution in [0.4, 0.5) is 0 Å². The van der Waals surface area contributed by atoms with Crippen LogP contribution in [-0.4, -0.2) is 19.2 Å². The molecule has 5 heteroatoms. The average molecular weight is 215 g/mol. The molecule has 78 valence electrons. The second-order valence-electron chi connectivity index (χ2n) is 3.11. The molecule has 0 bridgehead atoms. The van der Waals surface area contributed by atoms with E-state index >= 15 is 0 Å². The van der Waals surface area contributed by atoms with Gasteiger partial charge in [-0.05, 0) is 11.1 Å². The van der Waals surface area contributed by atoms with Crippen LogP contribution in [0.2, 0.25) is 0 Å². The molecule has 2 N–H and O–H groups in total. The summed E-state index contributed by atoms with van der Waals surface area (Å²) < 4.78 is 25.9. The third-order valence-corrected chi connectivity index (χ3v) is 1.75. The fraction of sp³-hybridized carbons (Fsp3) is 0.333. The molecule has 0 saturated carbocycles. The molecule has 0 saturated heterocycles. The summed E-state index contributed by atoms with van der Waals surface area (Å²) in [4.78, 5) is 0. The highest BCUT2D eigenvalue weighted by Crippen LogP contribution is 2.12. The molecular formula is C9H13NO3S. The van der Waals surface area contributed by atoms with Crippen molar-refractivity contribution < 1.29 is 13.0 Å². The molecule has 1 aliphatic rings. The van der Waals surface area contributed by atoms with Gasteiger partial charge in [0.25, 0.3) is 10.1 Å². The maximum absolute atomic E-state index is 9.19. The van der Waals surface area contributed by atoms with Gasteiger partial charge in [0.15, 0.2) is 0 Å². The first-order chi connectivity index (χ1) is 6.47. The van der Waals surface area contributed by atoms with Gasteiger partial charge in [-0.2, -0.15) is 8.42 Å². The van der Waals surface area contributed by atoms with Crippen molar-refractivity contribution in [3.05, 3.63) is 35.4 Å². The van der Waals surface area contributed by atoms with Crippen molar-refractivity contribution in [2.24, 2.45) is 0 Å². The van der Waals surface area contributed by atoms with Crippen LogP contribution in [0, 0.1) is 0 Å². The van der Waals surface area contributed by atoms with Crippen molar-refractivity contribution in [1.29, 1.82) is 0 Å². The molecule has 0 unspecified atom stereocenters. The average Bonchev–Trinajstić information content (AvgIpc) is 2.47. The van der Waals surface area contributed by atoms with E-state index in [0.717, 1.165) is 13.1 Å². The highest BCUT2D eigenvalue weighted by atomic mass is 32.2. The van der Waals surface area contributed by atoms with Crippen molar-refractivity contribution >= 4 is 10.1 Å². The van der Waals surface area contributed by atoms with Crippen LogP contribution in [0.15, 0.2) is 24.3 Å². The molecule has 1 heterocycles. The van der Waals surface area contributed by atoms with E-state index in [1.54, 1.807) is 0 Å². The molecular weight excluding hydrogens is 202 g/mol. The molecule has 2 rings (SSSR count). The Morgan fingerprint density at radius 2 is 1.57 bits per heavy atom. The van der Waals surface area contributed by atoms with Gasteiger partial charge < -0.3 is 5.32 Å². The minimum Gasteiger partial charge on any atom is -0.309 e. The van der Waals surface area contributed by atoms with Gasteiger partial charge in [-0.25, -0.2) is 0 Å². The summed E-state index contributed by atoms with van der Waals surface area (Å²) in [7, 11) is -3.67. The van der Waals surface area contributed by atoms with E-state index in [2.05, 4.69) is 29.6 Å². The van der Waals surface area contributed by atoms with Crippen molar-refractivity contribution in [1.82, 2.24) is 5.32 Å². The second kappa shape index (κ2) is 4.54. The molecule has 14 heavy (non-hydrogen) atoms. The molecule has 0 aromatic heterocycles. The highest BCUT2D eigenvalue weighted by Gasteiger charge is 2.06. The van der Waals surface area contributed by atoms with Crippen LogP contribution >= 0.6 is 0 Å². The van der Waals surface area contributed by atoms with Crippen LogP contribution in [0.5, 0.6) is 0 Å². The van der Waals surface area contributed by atoms with Gasteiger partial charge in [0.1, 0.15) is 0 Å². The van der Waals surface area contributed by atoms with Gasteiger partial charge in [-0.1, -0.05) is 24.3 Å². The number of benzene rings is 1. The molecule has 1 aromatic carbocycles. The van der Waals surface area contributed by atoms with E-state index in [0.29, 0.717) is 6.26 Å². The van der Waals surface area contributed by atoms with Gasteiger partial charge in [-0.3, -0.25) is 4.55 Å². The topological polar surface area (TPSA) is 66.4 Å². The number of fused-ring (bicyclic) bond motifs is 1. The lowest BCUT2D eigenvalue weighted by atomic mass is 10.1. The Morgan fingerprint density at radius 3 is 1.93 bits per heavy atom. The number of hydrogen-bond donors (Lipinski definition) is 2. The molecule has 1 aromatic rings. The Bertz CT molecular complexity index is 369. The van der Waals surface area contributed by atoms with Crippen LogP contribution in [0.1, 0.15) is 11.1 Å². The van der Waals surface area contributed by atoms with E-state index in [4.69, 9.17) is 4.55 Å². The van der Waals surface area contributed by atoms with Gasteiger partial charge in [0.2, 0.25) is 0 Å². The Morgan fingerprint density at radius 1 is 1.21 bits per heavy atom. The first-order valence-electron chi connectivity index (χ1n) is 4.17. The molecule has 4 nitrogen and oxygen atoms in total. The number of hydrogen-bond acceptors (Lipinski definition) is 3. The van der Waals surface area contributed by atoms with Crippen LogP contribution in [0.3, 0.4) is 0 Å². The summed E-state index contributed by atoms with van der Waals surface area (Å²) in [6.45, 7) is 2.10. The number of nitrogens with one attached hydrogen (secondary N) is 1. The molecule has 0 aliphatic carbocycles. The first-order valence-corrected chi connectivity index (χ1v) is 6.01. The molecule has 1 aliphatic heterocycles. The first kappa shape index (κ1) is 11.2. The largest absolute Gasteiger partial charge is 0.309 e. The molecule has 0 fully saturated rings. The predicted molar refractivity (Wildman–Crippen MR) is 54.5 cm³/mol. The summed E-state index contributed by atoms with van der Waals surface area (Å²) in [5.41, 5.74) is 2.91. The lowest BCUT2D eigenvalue weighted by Crippen LogP contribution is -1.99. The fourth-order valence-electron chi connectivity index (χ4n) is 1.23. The second-order valence-corrected chi connectivity index (χ2v) is 4.57. The maximum Gasteiger partial charge on any atom is 0.261 e. The van der Waals surface area contributed by atoms with Gasteiger partial charge >= 0.3 is 0 Å². The lowest BCUT2D eigenvalue weighted by Gasteiger charge is -1.91. The zero-order chi connectivity index (χ0) is 10.6. The van der Waals surface area contributed by atoms with E-state index in [-0.39, 0.29) is 0 Å². The van der Waals surface area contributed by atoms with Crippen LogP contribution in [-0.2, 0) is 23.2 Å². The van der Waals surface area contributed by atoms with Crippen molar-refractivity contribution in [3.8, 4) is 0 Å². The normalized spacial score (nSPS) is 14.1. The zero-order valence-corrected chi connectivity index (χ0v) is 8.71. The lowest BCUT2D eigenvalue weighted by molar-refractivity contribution is 0.490. The third-order valence-electron chi connectivity index (χ3n) is 1.75. The minimum absolute atomic E-state index is 0.715. The highest BCUT2D eigenvalue weighted by molar-refractivity contribution is 7.85. The molecule has 0 atom stereocenters. The summed E-state index contributed by atoms with van der Waals surface area (Å²) in [5, 5.41) is 3.29. The summed E-state index contributed by atoms with van der Waals surface area (Å²) in [6, 6.07) is 8.53. The van der Waals surface area contributed by atoms with Crippen LogP contribution in [0.25, 0.3) is 0 Å². The standard InChI is InChI=1S/C8H9N.CH4O3S/c1-2-4-8-6-9-5-7(8)3-1;1-5(2,3)4/h1-4,9H,5-6H2;1H3,(H,2,3,4). The molecule has 0 amide bonds. The number of rotatable bonds is 0. The Kier molecular flexibility index (Phi) is 3.62. The Labute approximate surface area is 83.7 Å². The van der Waals surface area contributed by atoms with E-state index in [1.165, 1.54) is 11.1 Å². The predicted octanol–water partition coefficient (Wildman–Crippen LogP) is 0.794. The minimum atomic E-state index is -3.67. The van der Waals surface area contributed by atoms with E-state index in [1.807, 2.05) is 0 Å². The fourth-order valence-corrected chi connectivity index (χ4v) is 1.23. The molecule has 0 spiro atoms.